The fourth-order valence-electron chi connectivity index (χ4n) is 0.798. The van der Waals surface area contributed by atoms with Crippen molar-refractivity contribution in [2.24, 2.45) is 5.73 Å². The van der Waals surface area contributed by atoms with E-state index in [-0.39, 0.29) is 12.3 Å². The van der Waals surface area contributed by atoms with Gasteiger partial charge in [0.25, 0.3) is 0 Å². The van der Waals surface area contributed by atoms with Crippen LogP contribution in [-0.4, -0.2) is 22.1 Å². The van der Waals surface area contributed by atoms with E-state index in [4.69, 9.17) is 5.73 Å². The van der Waals surface area contributed by atoms with Gasteiger partial charge in [0, 0.05) is 12.7 Å². The number of carbonyl (C=O) groups is 1. The highest BCUT2D eigenvalue weighted by molar-refractivity contribution is 5.96. The van der Waals surface area contributed by atoms with Crippen LogP contribution < -0.4 is 5.73 Å². The molecule has 0 saturated carbocycles. The van der Waals surface area contributed by atoms with Crippen molar-refractivity contribution in [1.82, 2.24) is 9.78 Å². The molecule has 11 heavy (non-hydrogen) atoms. The number of rotatable bonds is 3. The van der Waals surface area contributed by atoms with Crippen LogP contribution >= 0.6 is 0 Å². The summed E-state index contributed by atoms with van der Waals surface area (Å²) >= 11 is 0. The number of aryl methyl sites for hydroxylation is 1. The Morgan fingerprint density at radius 2 is 2.55 bits per heavy atom. The van der Waals surface area contributed by atoms with Gasteiger partial charge in [0.15, 0.2) is 5.78 Å². The van der Waals surface area contributed by atoms with Crippen LogP contribution in [0.15, 0.2) is 12.4 Å². The molecule has 1 rings (SSSR count). The third-order valence-corrected chi connectivity index (χ3v) is 1.46. The lowest BCUT2D eigenvalue weighted by Crippen LogP contribution is -2.12. The van der Waals surface area contributed by atoms with Gasteiger partial charge >= 0.3 is 0 Å². The maximum absolute atomic E-state index is 11.0. The van der Waals surface area contributed by atoms with Crippen LogP contribution in [0.1, 0.15) is 17.3 Å². The van der Waals surface area contributed by atoms with Gasteiger partial charge < -0.3 is 5.73 Å². The average Bonchev–Trinajstić information content (AvgIpc) is 2.50. The number of hydrogen-bond donors (Lipinski definition) is 1. The molecular formula is C7H11N3O. The Balaban J connectivity index is 2.80. The zero-order chi connectivity index (χ0) is 8.27. The van der Waals surface area contributed by atoms with E-state index in [0.29, 0.717) is 5.56 Å². The molecule has 0 aliphatic carbocycles. The first-order valence-corrected chi connectivity index (χ1v) is 3.53. The third kappa shape index (κ3) is 1.65. The highest BCUT2D eigenvalue weighted by atomic mass is 16.1. The van der Waals surface area contributed by atoms with Gasteiger partial charge in [-0.15, -0.1) is 0 Å². The fourth-order valence-corrected chi connectivity index (χ4v) is 0.798. The Kier molecular flexibility index (Phi) is 2.38. The molecule has 4 nitrogen and oxygen atoms in total. The zero-order valence-corrected chi connectivity index (χ0v) is 6.45. The minimum absolute atomic E-state index is 0.0510. The zero-order valence-electron chi connectivity index (χ0n) is 6.45. The molecule has 0 aliphatic rings. The summed E-state index contributed by atoms with van der Waals surface area (Å²) in [5.41, 5.74) is 5.76. The van der Waals surface area contributed by atoms with Gasteiger partial charge in [-0.2, -0.15) is 5.10 Å². The van der Waals surface area contributed by atoms with E-state index in [1.165, 1.54) is 0 Å². The maximum atomic E-state index is 11.0. The topological polar surface area (TPSA) is 60.9 Å². The molecule has 0 atom stereocenters. The molecular weight excluding hydrogens is 142 g/mol. The highest BCUT2D eigenvalue weighted by Crippen LogP contribution is 1.97. The van der Waals surface area contributed by atoms with E-state index in [0.717, 1.165) is 6.54 Å². The summed E-state index contributed by atoms with van der Waals surface area (Å²) in [6.45, 7) is 2.79. The minimum atomic E-state index is -0.0651. The molecule has 0 aliphatic heterocycles. The van der Waals surface area contributed by atoms with E-state index in [1.54, 1.807) is 17.1 Å². The Morgan fingerprint density at radius 1 is 1.82 bits per heavy atom. The molecule has 1 heterocycles. The van der Waals surface area contributed by atoms with E-state index in [9.17, 15) is 4.79 Å². The predicted molar refractivity (Wildman–Crippen MR) is 41.3 cm³/mol. The van der Waals surface area contributed by atoms with E-state index in [2.05, 4.69) is 5.10 Å². The molecule has 0 bridgehead atoms. The van der Waals surface area contributed by atoms with Gasteiger partial charge in [0.1, 0.15) is 0 Å². The molecule has 2 N–H and O–H groups in total. The standard InChI is InChI=1S/C7H11N3O/c1-2-10-5-6(4-9-10)7(11)3-8/h4-5H,2-3,8H2,1H3. The summed E-state index contributed by atoms with van der Waals surface area (Å²) < 4.78 is 1.70. The maximum Gasteiger partial charge on any atom is 0.179 e. The van der Waals surface area contributed by atoms with Gasteiger partial charge in [-0.25, -0.2) is 0 Å². The van der Waals surface area contributed by atoms with Crippen molar-refractivity contribution < 1.29 is 4.79 Å². The highest BCUT2D eigenvalue weighted by Gasteiger charge is 2.04. The summed E-state index contributed by atoms with van der Waals surface area (Å²) in [6.07, 6.45) is 3.24. The minimum Gasteiger partial charge on any atom is -0.324 e. The van der Waals surface area contributed by atoms with Gasteiger partial charge in [-0.3, -0.25) is 9.48 Å². The number of ketones is 1. The SMILES string of the molecule is CCn1cc(C(=O)CN)cn1. The van der Waals surface area contributed by atoms with Gasteiger partial charge in [0.2, 0.25) is 0 Å². The second-order valence-corrected chi connectivity index (χ2v) is 2.21. The van der Waals surface area contributed by atoms with Crippen molar-refractivity contribution in [3.05, 3.63) is 18.0 Å². The second-order valence-electron chi connectivity index (χ2n) is 2.21. The Labute approximate surface area is 65.0 Å². The molecule has 0 amide bonds. The number of Topliss-reactive ketones (excluding diaryl/α,β-unsaturated/α-hetero) is 1. The molecule has 0 spiro atoms. The van der Waals surface area contributed by atoms with E-state index < -0.39 is 0 Å². The fraction of sp³-hybridized carbons (Fsp3) is 0.429. The number of nitrogens with zero attached hydrogens (tertiary/aromatic N) is 2. The normalized spacial score (nSPS) is 10.0. The number of carbonyl (C=O) groups excluding carboxylic acids is 1. The first-order chi connectivity index (χ1) is 5.27. The monoisotopic (exact) mass is 153 g/mol. The van der Waals surface area contributed by atoms with Crippen LogP contribution in [0.2, 0.25) is 0 Å². The van der Waals surface area contributed by atoms with Crippen LogP contribution in [0.25, 0.3) is 0 Å². The summed E-state index contributed by atoms with van der Waals surface area (Å²) in [5.74, 6) is -0.0651. The van der Waals surface area contributed by atoms with Gasteiger partial charge in [0.05, 0.1) is 18.3 Å². The number of nitrogens with two attached hydrogens (primary N) is 1. The van der Waals surface area contributed by atoms with Crippen LogP contribution in [0.3, 0.4) is 0 Å². The molecule has 0 unspecified atom stereocenters. The number of hydrogen-bond acceptors (Lipinski definition) is 3. The van der Waals surface area contributed by atoms with E-state index in [1.807, 2.05) is 6.92 Å². The van der Waals surface area contributed by atoms with Crippen molar-refractivity contribution in [3.8, 4) is 0 Å². The summed E-state index contributed by atoms with van der Waals surface area (Å²) in [7, 11) is 0. The van der Waals surface area contributed by atoms with Crippen LogP contribution in [0.4, 0.5) is 0 Å². The summed E-state index contributed by atoms with van der Waals surface area (Å²) in [5, 5.41) is 3.94. The molecule has 0 fully saturated rings. The molecule has 4 heteroatoms. The molecule has 1 aromatic rings. The van der Waals surface area contributed by atoms with E-state index >= 15 is 0 Å². The molecule has 0 aromatic carbocycles. The van der Waals surface area contributed by atoms with Crippen LogP contribution in [-0.2, 0) is 6.54 Å². The lowest BCUT2D eigenvalue weighted by Gasteiger charge is -1.90. The third-order valence-electron chi connectivity index (χ3n) is 1.46. The number of aromatic nitrogens is 2. The van der Waals surface area contributed by atoms with Crippen LogP contribution in [0, 0.1) is 0 Å². The quantitative estimate of drug-likeness (QED) is 0.624. The first kappa shape index (κ1) is 7.94. The Bertz CT molecular complexity index is 254. The lowest BCUT2D eigenvalue weighted by molar-refractivity contribution is 0.100. The van der Waals surface area contributed by atoms with Crippen molar-refractivity contribution in [1.29, 1.82) is 0 Å². The van der Waals surface area contributed by atoms with Crippen LogP contribution in [0.5, 0.6) is 0 Å². The Hall–Kier alpha value is -1.16. The predicted octanol–water partition coefficient (Wildman–Crippen LogP) is 0.0444. The van der Waals surface area contributed by atoms with Crippen molar-refractivity contribution in [2.45, 2.75) is 13.5 Å². The molecule has 1 aromatic heterocycles. The van der Waals surface area contributed by atoms with Gasteiger partial charge in [-0.1, -0.05) is 0 Å². The first-order valence-electron chi connectivity index (χ1n) is 3.53. The second kappa shape index (κ2) is 3.30. The average molecular weight is 153 g/mol. The van der Waals surface area contributed by atoms with Crippen molar-refractivity contribution in [3.63, 3.8) is 0 Å². The van der Waals surface area contributed by atoms with Crippen molar-refractivity contribution >= 4 is 5.78 Å². The Morgan fingerprint density at radius 3 is 3.00 bits per heavy atom. The molecule has 0 saturated heterocycles. The van der Waals surface area contributed by atoms with Gasteiger partial charge in [-0.05, 0) is 6.92 Å². The van der Waals surface area contributed by atoms with Crippen molar-refractivity contribution in [2.75, 3.05) is 6.54 Å². The summed E-state index contributed by atoms with van der Waals surface area (Å²) in [4.78, 5) is 11.0. The largest absolute Gasteiger partial charge is 0.324 e. The molecule has 60 valence electrons. The smallest absolute Gasteiger partial charge is 0.179 e. The summed E-state index contributed by atoms with van der Waals surface area (Å²) in [6, 6.07) is 0. The lowest BCUT2D eigenvalue weighted by atomic mass is 10.2. The molecule has 0 radical (unpaired) electrons.